The van der Waals surface area contributed by atoms with Crippen molar-refractivity contribution in [3.05, 3.63) is 0 Å². The third kappa shape index (κ3) is 4.02. The molecule has 0 aromatic heterocycles. The number of hydrogen-bond donors (Lipinski definition) is 3. The van der Waals surface area contributed by atoms with Gasteiger partial charge < -0.3 is 11.1 Å². The average Bonchev–Trinajstić information content (AvgIpc) is 2.61. The molecule has 0 bridgehead atoms. The molecule has 1 saturated heterocycles. The normalized spacial score (nSPS) is 26.4. The van der Waals surface area contributed by atoms with Gasteiger partial charge >= 0.3 is 6.03 Å². The molecule has 3 amide bonds. The lowest BCUT2D eigenvalue weighted by molar-refractivity contribution is -0.121. The maximum absolute atomic E-state index is 11.4. The molecule has 0 aromatic rings. The van der Waals surface area contributed by atoms with E-state index in [4.69, 9.17) is 5.73 Å². The van der Waals surface area contributed by atoms with Crippen LogP contribution in [0.15, 0.2) is 0 Å². The van der Waals surface area contributed by atoms with Crippen LogP contribution < -0.4 is 16.4 Å². The van der Waals surface area contributed by atoms with Crippen molar-refractivity contribution in [3.8, 4) is 0 Å². The minimum atomic E-state index is -0.805. The van der Waals surface area contributed by atoms with Crippen molar-refractivity contribution in [2.24, 2.45) is 5.73 Å². The monoisotopic (exact) mass is 245 g/mol. The summed E-state index contributed by atoms with van der Waals surface area (Å²) >= 11 is 1.93. The van der Waals surface area contributed by atoms with Gasteiger partial charge in [-0.3, -0.25) is 10.1 Å². The first-order valence-electron chi connectivity index (χ1n) is 5.41. The summed E-state index contributed by atoms with van der Waals surface area (Å²) in [6.45, 7) is 4.68. The minimum Gasteiger partial charge on any atom is -0.351 e. The van der Waals surface area contributed by atoms with Crippen molar-refractivity contribution < 1.29 is 9.59 Å². The van der Waals surface area contributed by atoms with Crippen LogP contribution in [0, 0.1) is 0 Å². The summed E-state index contributed by atoms with van der Waals surface area (Å²) in [4.78, 5) is 21.9. The van der Waals surface area contributed by atoms with Crippen molar-refractivity contribution in [1.82, 2.24) is 10.6 Å². The maximum Gasteiger partial charge on any atom is 0.318 e. The van der Waals surface area contributed by atoms with Gasteiger partial charge in [0, 0.05) is 11.3 Å². The van der Waals surface area contributed by atoms with E-state index in [-0.39, 0.29) is 10.7 Å². The number of nitrogens with one attached hydrogen (secondary N) is 2. The molecular weight excluding hydrogens is 226 g/mol. The number of rotatable bonds is 4. The maximum atomic E-state index is 11.4. The quantitative estimate of drug-likeness (QED) is 0.671. The first-order valence-corrected chi connectivity index (χ1v) is 6.39. The second kappa shape index (κ2) is 5.54. The molecule has 16 heavy (non-hydrogen) atoms. The first kappa shape index (κ1) is 13.3. The Morgan fingerprint density at radius 2 is 2.25 bits per heavy atom. The Balaban J connectivity index is 2.31. The fourth-order valence-corrected chi connectivity index (χ4v) is 2.92. The highest BCUT2D eigenvalue weighted by Gasteiger charge is 2.30. The zero-order valence-electron chi connectivity index (χ0n) is 9.71. The summed E-state index contributed by atoms with van der Waals surface area (Å²) in [5.41, 5.74) is 4.87. The second-order valence-electron chi connectivity index (χ2n) is 4.36. The summed E-state index contributed by atoms with van der Waals surface area (Å²) in [5, 5.41) is 5.19. The smallest absolute Gasteiger partial charge is 0.318 e. The van der Waals surface area contributed by atoms with E-state index in [2.05, 4.69) is 17.6 Å². The van der Waals surface area contributed by atoms with E-state index in [1.807, 2.05) is 11.8 Å². The fourth-order valence-electron chi connectivity index (χ4n) is 1.67. The largest absolute Gasteiger partial charge is 0.351 e. The molecule has 1 aliphatic heterocycles. The Morgan fingerprint density at radius 1 is 1.56 bits per heavy atom. The number of carbonyl (C=O) groups is 2. The number of urea groups is 1. The van der Waals surface area contributed by atoms with Crippen LogP contribution in [0.2, 0.25) is 0 Å². The summed E-state index contributed by atoms with van der Waals surface area (Å²) in [6, 6.07) is -1.20. The van der Waals surface area contributed by atoms with Crippen LogP contribution in [-0.2, 0) is 4.79 Å². The van der Waals surface area contributed by atoms with Crippen LogP contribution >= 0.6 is 11.8 Å². The number of imide groups is 1. The molecule has 0 aliphatic carbocycles. The van der Waals surface area contributed by atoms with Gasteiger partial charge in [-0.25, -0.2) is 4.79 Å². The minimum absolute atomic E-state index is 0.210. The van der Waals surface area contributed by atoms with E-state index in [0.717, 1.165) is 13.0 Å². The van der Waals surface area contributed by atoms with Crippen molar-refractivity contribution in [2.75, 3.05) is 12.3 Å². The highest BCUT2D eigenvalue weighted by atomic mass is 32.2. The molecule has 1 fully saturated rings. The van der Waals surface area contributed by atoms with Crippen LogP contribution in [0.3, 0.4) is 0 Å². The van der Waals surface area contributed by atoms with Crippen molar-refractivity contribution in [3.63, 3.8) is 0 Å². The Morgan fingerprint density at radius 3 is 2.75 bits per heavy atom. The lowest BCUT2D eigenvalue weighted by Crippen LogP contribution is -2.49. The molecule has 2 unspecified atom stereocenters. The van der Waals surface area contributed by atoms with Crippen LogP contribution in [0.1, 0.15) is 26.7 Å². The summed E-state index contributed by atoms with van der Waals surface area (Å²) in [6.07, 6.45) is 2.39. The van der Waals surface area contributed by atoms with Gasteiger partial charge in [0.15, 0.2) is 0 Å². The number of thioether (sulfide) groups is 1. The van der Waals surface area contributed by atoms with Gasteiger partial charge in [-0.15, -0.1) is 0 Å². The Kier molecular flexibility index (Phi) is 4.61. The van der Waals surface area contributed by atoms with Gasteiger partial charge in [-0.05, 0) is 32.4 Å². The molecule has 0 saturated carbocycles. The van der Waals surface area contributed by atoms with E-state index in [1.54, 1.807) is 6.92 Å². The van der Waals surface area contributed by atoms with Crippen LogP contribution in [0.4, 0.5) is 4.79 Å². The van der Waals surface area contributed by atoms with Gasteiger partial charge in [-0.1, -0.05) is 0 Å². The molecule has 1 heterocycles. The van der Waals surface area contributed by atoms with E-state index in [9.17, 15) is 9.59 Å². The van der Waals surface area contributed by atoms with Gasteiger partial charge in [0.05, 0.1) is 6.04 Å². The van der Waals surface area contributed by atoms with Crippen LogP contribution in [-0.4, -0.2) is 35.0 Å². The molecule has 0 aromatic carbocycles. The Bertz CT molecular complexity index is 277. The summed E-state index contributed by atoms with van der Waals surface area (Å²) in [5.74, 6) is 0.805. The lowest BCUT2D eigenvalue weighted by Gasteiger charge is -2.25. The predicted molar refractivity (Wildman–Crippen MR) is 65.3 cm³/mol. The SMILES string of the molecule is CC(NCC1(C)CCCS1)C(=O)NC(N)=O. The highest BCUT2D eigenvalue weighted by Crippen LogP contribution is 2.36. The summed E-state index contributed by atoms with van der Waals surface area (Å²) in [7, 11) is 0. The molecule has 92 valence electrons. The number of nitrogens with two attached hydrogens (primary N) is 1. The zero-order valence-corrected chi connectivity index (χ0v) is 10.5. The third-order valence-electron chi connectivity index (χ3n) is 2.72. The van der Waals surface area contributed by atoms with Crippen LogP contribution in [0.25, 0.3) is 0 Å². The van der Waals surface area contributed by atoms with E-state index >= 15 is 0 Å². The number of amides is 3. The zero-order chi connectivity index (χ0) is 12.2. The molecule has 2 atom stereocenters. The van der Waals surface area contributed by atoms with E-state index < -0.39 is 12.1 Å². The molecular formula is C10H19N3O2S. The Hall–Kier alpha value is -0.750. The second-order valence-corrected chi connectivity index (χ2v) is 6.04. The highest BCUT2D eigenvalue weighted by molar-refractivity contribution is 8.00. The average molecular weight is 245 g/mol. The first-order chi connectivity index (χ1) is 7.43. The summed E-state index contributed by atoms with van der Waals surface area (Å²) < 4.78 is 0.210. The van der Waals surface area contributed by atoms with Gasteiger partial charge in [0.1, 0.15) is 0 Å². The molecule has 6 heteroatoms. The van der Waals surface area contributed by atoms with Crippen molar-refractivity contribution in [1.29, 1.82) is 0 Å². The molecule has 1 rings (SSSR count). The van der Waals surface area contributed by atoms with Crippen molar-refractivity contribution in [2.45, 2.75) is 37.5 Å². The van der Waals surface area contributed by atoms with E-state index in [1.165, 1.54) is 12.2 Å². The topological polar surface area (TPSA) is 84.2 Å². The number of hydrogen-bond acceptors (Lipinski definition) is 4. The molecule has 4 N–H and O–H groups in total. The van der Waals surface area contributed by atoms with E-state index in [0.29, 0.717) is 0 Å². The van der Waals surface area contributed by atoms with Crippen molar-refractivity contribution >= 4 is 23.7 Å². The lowest BCUT2D eigenvalue weighted by atomic mass is 10.1. The number of primary amides is 1. The third-order valence-corrected chi connectivity index (χ3v) is 4.26. The van der Waals surface area contributed by atoms with Gasteiger partial charge in [-0.2, -0.15) is 11.8 Å². The van der Waals surface area contributed by atoms with Gasteiger partial charge in [0.2, 0.25) is 5.91 Å². The molecule has 0 radical (unpaired) electrons. The predicted octanol–water partition coefficient (Wildman–Crippen LogP) is 0.445. The fraction of sp³-hybridized carbons (Fsp3) is 0.800. The Labute approximate surface area is 99.9 Å². The standard InChI is InChI=1S/C10H19N3O2S/c1-7(8(14)13-9(11)15)12-6-10(2)4-3-5-16-10/h7,12H,3-6H2,1-2H3,(H3,11,13,14,15). The number of carbonyl (C=O) groups excluding carboxylic acids is 2. The molecule has 0 spiro atoms. The molecule has 1 aliphatic rings. The molecule has 5 nitrogen and oxygen atoms in total. The van der Waals surface area contributed by atoms with Gasteiger partial charge in [0.25, 0.3) is 0 Å². The van der Waals surface area contributed by atoms with Crippen LogP contribution in [0.5, 0.6) is 0 Å².